The lowest BCUT2D eigenvalue weighted by atomic mass is 10.1. The van der Waals surface area contributed by atoms with Gasteiger partial charge in [0, 0.05) is 0 Å². The largest absolute Gasteiger partial charge is 0.485 e. The van der Waals surface area contributed by atoms with E-state index in [4.69, 9.17) is 10.00 Å². The van der Waals surface area contributed by atoms with Crippen LogP contribution in [0.2, 0.25) is 0 Å². The zero-order valence-electron chi connectivity index (χ0n) is 11.9. The van der Waals surface area contributed by atoms with Gasteiger partial charge in [-0.1, -0.05) is 24.3 Å². The predicted octanol–water partition coefficient (Wildman–Crippen LogP) is 3.48. The maximum Gasteiger partial charge on any atom is 0.337 e. The highest BCUT2D eigenvalue weighted by Crippen LogP contribution is 2.24. The van der Waals surface area contributed by atoms with E-state index in [1.54, 1.807) is 30.3 Å². The molecule has 0 amide bonds. The number of esters is 1. The summed E-state index contributed by atoms with van der Waals surface area (Å²) in [6.07, 6.45) is -0.230. The summed E-state index contributed by atoms with van der Waals surface area (Å²) in [5, 5.41) is 9.05. The molecule has 1 atom stereocenters. The van der Waals surface area contributed by atoms with Crippen LogP contribution in [-0.2, 0) is 4.74 Å². The minimum absolute atomic E-state index is 0.230. The van der Waals surface area contributed by atoms with E-state index >= 15 is 0 Å². The molecule has 21 heavy (non-hydrogen) atoms. The molecule has 0 heterocycles. The molecule has 0 N–H and O–H groups in total. The first kappa shape index (κ1) is 14.6. The SMILES string of the molecule is COC(=O)c1ccc(C(C)Oc2ccccc2C#N)cc1. The molecule has 0 spiro atoms. The van der Waals surface area contributed by atoms with Crippen LogP contribution in [0.15, 0.2) is 48.5 Å². The first-order valence-corrected chi connectivity index (χ1v) is 6.49. The van der Waals surface area contributed by atoms with Crippen molar-refractivity contribution in [3.63, 3.8) is 0 Å². The van der Waals surface area contributed by atoms with Gasteiger partial charge in [0.2, 0.25) is 0 Å². The standard InChI is InChI=1S/C17H15NO3/c1-12(21-16-6-4-3-5-15(16)11-18)13-7-9-14(10-8-13)17(19)20-2/h3-10,12H,1-2H3. The number of hydrogen-bond acceptors (Lipinski definition) is 4. The molecule has 0 aliphatic heterocycles. The molecule has 0 aliphatic rings. The van der Waals surface area contributed by atoms with Crippen molar-refractivity contribution >= 4 is 5.97 Å². The van der Waals surface area contributed by atoms with Crippen molar-refractivity contribution in [3.8, 4) is 11.8 Å². The first-order valence-electron chi connectivity index (χ1n) is 6.49. The molecule has 0 radical (unpaired) electrons. The molecule has 0 bridgehead atoms. The van der Waals surface area contributed by atoms with Crippen molar-refractivity contribution in [1.29, 1.82) is 5.26 Å². The highest BCUT2D eigenvalue weighted by atomic mass is 16.5. The molecule has 4 heteroatoms. The van der Waals surface area contributed by atoms with Crippen molar-refractivity contribution in [2.45, 2.75) is 13.0 Å². The van der Waals surface area contributed by atoms with Gasteiger partial charge in [-0.05, 0) is 36.8 Å². The van der Waals surface area contributed by atoms with E-state index < -0.39 is 0 Å². The number of nitrogens with zero attached hydrogens (tertiary/aromatic N) is 1. The summed E-state index contributed by atoms with van der Waals surface area (Å²) < 4.78 is 10.5. The summed E-state index contributed by atoms with van der Waals surface area (Å²) in [5.41, 5.74) is 1.90. The number of benzene rings is 2. The van der Waals surface area contributed by atoms with Gasteiger partial charge in [-0.3, -0.25) is 0 Å². The number of ether oxygens (including phenoxy) is 2. The number of hydrogen-bond donors (Lipinski definition) is 0. The van der Waals surface area contributed by atoms with Crippen LogP contribution in [0.5, 0.6) is 5.75 Å². The Kier molecular flexibility index (Phi) is 4.57. The number of para-hydroxylation sites is 1. The Labute approximate surface area is 123 Å². The Balaban J connectivity index is 2.15. The lowest BCUT2D eigenvalue weighted by Crippen LogP contribution is -2.06. The Bertz CT molecular complexity index is 671. The van der Waals surface area contributed by atoms with Gasteiger partial charge in [0.05, 0.1) is 18.2 Å². The van der Waals surface area contributed by atoms with Gasteiger partial charge in [-0.2, -0.15) is 5.26 Å². The Morgan fingerprint density at radius 2 is 1.81 bits per heavy atom. The number of nitriles is 1. The minimum Gasteiger partial charge on any atom is -0.485 e. The molecule has 4 nitrogen and oxygen atoms in total. The molecule has 0 saturated heterocycles. The van der Waals surface area contributed by atoms with E-state index in [1.807, 2.05) is 25.1 Å². The van der Waals surface area contributed by atoms with Gasteiger partial charge >= 0.3 is 5.97 Å². The second-order valence-electron chi connectivity index (χ2n) is 4.48. The molecule has 1 unspecified atom stereocenters. The first-order chi connectivity index (χ1) is 10.2. The van der Waals surface area contributed by atoms with Crippen LogP contribution < -0.4 is 4.74 Å². The molecular formula is C17H15NO3. The third-order valence-electron chi connectivity index (χ3n) is 3.11. The molecule has 0 aromatic heterocycles. The van der Waals surface area contributed by atoms with Gasteiger partial charge in [-0.25, -0.2) is 4.79 Å². The monoisotopic (exact) mass is 281 g/mol. The second-order valence-corrected chi connectivity index (χ2v) is 4.48. The van der Waals surface area contributed by atoms with E-state index in [-0.39, 0.29) is 12.1 Å². The van der Waals surface area contributed by atoms with Gasteiger partial charge in [0.25, 0.3) is 0 Å². The van der Waals surface area contributed by atoms with Crippen molar-refractivity contribution in [2.24, 2.45) is 0 Å². The Morgan fingerprint density at radius 3 is 2.43 bits per heavy atom. The van der Waals surface area contributed by atoms with Crippen LogP contribution in [0.4, 0.5) is 0 Å². The van der Waals surface area contributed by atoms with Crippen LogP contribution in [-0.4, -0.2) is 13.1 Å². The fraction of sp³-hybridized carbons (Fsp3) is 0.176. The van der Waals surface area contributed by atoms with E-state index in [2.05, 4.69) is 10.8 Å². The van der Waals surface area contributed by atoms with E-state index in [9.17, 15) is 4.79 Å². The van der Waals surface area contributed by atoms with Gasteiger partial charge in [0.1, 0.15) is 17.9 Å². The molecule has 2 aromatic rings. The minimum atomic E-state index is -0.370. The summed E-state index contributed by atoms with van der Waals surface area (Å²) >= 11 is 0. The van der Waals surface area contributed by atoms with Crippen LogP contribution in [0, 0.1) is 11.3 Å². The van der Waals surface area contributed by atoms with Gasteiger partial charge in [0.15, 0.2) is 0 Å². The van der Waals surface area contributed by atoms with E-state index in [0.29, 0.717) is 16.9 Å². The normalized spacial score (nSPS) is 11.3. The highest BCUT2D eigenvalue weighted by Gasteiger charge is 2.11. The van der Waals surface area contributed by atoms with E-state index in [0.717, 1.165) is 5.56 Å². The summed E-state index contributed by atoms with van der Waals surface area (Å²) in [6.45, 7) is 1.89. The third kappa shape index (κ3) is 3.40. The van der Waals surface area contributed by atoms with Crippen molar-refractivity contribution in [3.05, 3.63) is 65.2 Å². The van der Waals surface area contributed by atoms with Crippen molar-refractivity contribution in [1.82, 2.24) is 0 Å². The number of rotatable bonds is 4. The molecule has 2 rings (SSSR count). The summed E-state index contributed by atoms with van der Waals surface area (Å²) in [4.78, 5) is 11.4. The molecule has 0 saturated carbocycles. The molecule has 2 aromatic carbocycles. The van der Waals surface area contributed by atoms with Crippen LogP contribution in [0.25, 0.3) is 0 Å². The average Bonchev–Trinajstić information content (AvgIpc) is 2.54. The smallest absolute Gasteiger partial charge is 0.337 e. The molecule has 0 aliphatic carbocycles. The fourth-order valence-electron chi connectivity index (χ4n) is 1.93. The second kappa shape index (κ2) is 6.58. The Hall–Kier alpha value is -2.80. The maximum atomic E-state index is 11.4. The topological polar surface area (TPSA) is 59.3 Å². The highest BCUT2D eigenvalue weighted by molar-refractivity contribution is 5.89. The summed E-state index contributed by atoms with van der Waals surface area (Å²) in [7, 11) is 1.35. The third-order valence-corrected chi connectivity index (χ3v) is 3.11. The van der Waals surface area contributed by atoms with Crippen molar-refractivity contribution < 1.29 is 14.3 Å². The molecule has 0 fully saturated rings. The van der Waals surface area contributed by atoms with Gasteiger partial charge in [-0.15, -0.1) is 0 Å². The maximum absolute atomic E-state index is 11.4. The quantitative estimate of drug-likeness (QED) is 0.805. The van der Waals surface area contributed by atoms with Gasteiger partial charge < -0.3 is 9.47 Å². The van der Waals surface area contributed by atoms with Crippen LogP contribution >= 0.6 is 0 Å². The molecular weight excluding hydrogens is 266 g/mol. The van der Waals surface area contributed by atoms with Crippen LogP contribution in [0.3, 0.4) is 0 Å². The lowest BCUT2D eigenvalue weighted by molar-refractivity contribution is 0.0600. The molecule has 106 valence electrons. The van der Waals surface area contributed by atoms with Crippen LogP contribution in [0.1, 0.15) is 34.5 Å². The zero-order valence-corrected chi connectivity index (χ0v) is 11.9. The summed E-state index contributed by atoms with van der Waals surface area (Å²) in [5.74, 6) is 0.175. The summed E-state index contributed by atoms with van der Waals surface area (Å²) in [6, 6.07) is 16.2. The average molecular weight is 281 g/mol. The fourth-order valence-corrected chi connectivity index (χ4v) is 1.93. The predicted molar refractivity (Wildman–Crippen MR) is 78.0 cm³/mol. The zero-order chi connectivity index (χ0) is 15.2. The van der Waals surface area contributed by atoms with Crippen molar-refractivity contribution in [2.75, 3.05) is 7.11 Å². The van der Waals surface area contributed by atoms with E-state index in [1.165, 1.54) is 7.11 Å². The number of methoxy groups -OCH3 is 1. The number of carbonyl (C=O) groups excluding carboxylic acids is 1. The Morgan fingerprint density at radius 1 is 1.14 bits per heavy atom. The number of carbonyl (C=O) groups is 1. The lowest BCUT2D eigenvalue weighted by Gasteiger charge is -2.16.